The number of carbonyl (C=O) groups is 2. The van der Waals surface area contributed by atoms with Crippen LogP contribution in [0.2, 0.25) is 0 Å². The molecule has 0 atom stereocenters. The molecule has 2 aromatic rings. The second kappa shape index (κ2) is 7.19. The summed E-state index contributed by atoms with van der Waals surface area (Å²) in [6.45, 7) is 0. The lowest BCUT2D eigenvalue weighted by Crippen LogP contribution is -2.10. The minimum atomic E-state index is -0.503. The first-order chi connectivity index (χ1) is 10.2. The van der Waals surface area contributed by atoms with E-state index < -0.39 is 6.09 Å². The number of pyridine rings is 1. The van der Waals surface area contributed by atoms with Crippen molar-refractivity contribution in [3.8, 4) is 11.3 Å². The quantitative estimate of drug-likeness (QED) is 0.857. The van der Waals surface area contributed by atoms with E-state index in [1.54, 1.807) is 12.1 Å². The fraction of sp³-hybridized carbons (Fsp3) is 0.188. The number of rotatable bonds is 5. The maximum absolute atomic E-state index is 11.1. The molecule has 0 aliphatic carbocycles. The van der Waals surface area contributed by atoms with E-state index in [-0.39, 0.29) is 0 Å². The number of anilines is 1. The molecule has 108 valence electrons. The Bertz CT molecular complexity index is 624. The molecule has 0 aliphatic heterocycles. The van der Waals surface area contributed by atoms with E-state index >= 15 is 0 Å². The van der Waals surface area contributed by atoms with Gasteiger partial charge in [-0.15, -0.1) is 0 Å². The number of amides is 1. The van der Waals surface area contributed by atoms with Gasteiger partial charge in [-0.3, -0.25) is 10.3 Å². The number of carbonyl (C=O) groups excluding carboxylic acids is 2. The molecule has 5 nitrogen and oxygen atoms in total. The third kappa shape index (κ3) is 4.14. The number of benzene rings is 1. The Kier molecular flexibility index (Phi) is 5.04. The van der Waals surface area contributed by atoms with Gasteiger partial charge < -0.3 is 9.53 Å². The van der Waals surface area contributed by atoms with E-state index in [9.17, 15) is 9.59 Å². The number of ether oxygens (including phenoxy) is 1. The van der Waals surface area contributed by atoms with Crippen molar-refractivity contribution in [2.45, 2.75) is 12.8 Å². The summed E-state index contributed by atoms with van der Waals surface area (Å²) in [7, 11) is 1.32. The third-order valence-corrected chi connectivity index (χ3v) is 2.94. The normalized spacial score (nSPS) is 9.95. The van der Waals surface area contributed by atoms with Crippen LogP contribution in [-0.4, -0.2) is 24.5 Å². The first-order valence-electron chi connectivity index (χ1n) is 6.58. The summed E-state index contributed by atoms with van der Waals surface area (Å²) in [5.74, 6) is 0. The lowest BCUT2D eigenvalue weighted by Gasteiger charge is -2.06. The van der Waals surface area contributed by atoms with Crippen LogP contribution < -0.4 is 5.32 Å². The number of nitrogens with zero attached hydrogens (tertiary/aromatic N) is 1. The first-order valence-corrected chi connectivity index (χ1v) is 6.58. The highest BCUT2D eigenvalue weighted by Gasteiger charge is 2.03. The maximum atomic E-state index is 11.1. The predicted octanol–water partition coefficient (Wildman–Crippen LogP) is 3.06. The topological polar surface area (TPSA) is 68.3 Å². The van der Waals surface area contributed by atoms with Gasteiger partial charge in [-0.1, -0.05) is 18.2 Å². The molecule has 0 saturated heterocycles. The number of methoxy groups -OCH3 is 1. The molecule has 0 bridgehead atoms. The van der Waals surface area contributed by atoms with Gasteiger partial charge in [-0.25, -0.2) is 4.79 Å². The average Bonchev–Trinajstić information content (AvgIpc) is 2.53. The second-order valence-corrected chi connectivity index (χ2v) is 4.41. The predicted molar refractivity (Wildman–Crippen MR) is 80.1 cm³/mol. The number of aromatic nitrogens is 1. The van der Waals surface area contributed by atoms with E-state index in [1.807, 2.05) is 30.3 Å². The minimum absolute atomic E-state index is 0.471. The molecule has 0 saturated carbocycles. The highest BCUT2D eigenvalue weighted by molar-refractivity contribution is 5.84. The van der Waals surface area contributed by atoms with Crippen molar-refractivity contribution in [1.29, 1.82) is 0 Å². The monoisotopic (exact) mass is 284 g/mol. The lowest BCUT2D eigenvalue weighted by atomic mass is 10.1. The van der Waals surface area contributed by atoms with Gasteiger partial charge >= 0.3 is 6.09 Å². The second-order valence-electron chi connectivity index (χ2n) is 4.41. The number of aryl methyl sites for hydroxylation is 1. The molecule has 1 aromatic heterocycles. The van der Waals surface area contributed by atoms with Crippen LogP contribution >= 0.6 is 0 Å². The van der Waals surface area contributed by atoms with Gasteiger partial charge in [0.1, 0.15) is 6.29 Å². The molecule has 21 heavy (non-hydrogen) atoms. The smallest absolute Gasteiger partial charge is 0.411 e. The Balaban J connectivity index is 2.14. The summed E-state index contributed by atoms with van der Waals surface area (Å²) < 4.78 is 4.53. The van der Waals surface area contributed by atoms with Crippen molar-refractivity contribution in [2.75, 3.05) is 12.4 Å². The van der Waals surface area contributed by atoms with E-state index in [1.165, 1.54) is 7.11 Å². The zero-order valence-electron chi connectivity index (χ0n) is 11.7. The lowest BCUT2D eigenvalue weighted by molar-refractivity contribution is -0.107. The highest BCUT2D eigenvalue weighted by atomic mass is 16.5. The molecule has 1 aromatic carbocycles. The molecule has 0 radical (unpaired) electrons. The Morgan fingerprint density at radius 2 is 2.00 bits per heavy atom. The Labute approximate surface area is 123 Å². The molecule has 1 N–H and O–H groups in total. The Hall–Kier alpha value is -2.69. The SMILES string of the molecule is COC(=O)Nc1ccc(-c2cccc(CCC=O)n2)cc1. The number of aldehydes is 1. The highest BCUT2D eigenvalue weighted by Crippen LogP contribution is 2.20. The van der Waals surface area contributed by atoms with Crippen LogP contribution in [0.3, 0.4) is 0 Å². The van der Waals surface area contributed by atoms with Gasteiger partial charge in [0.15, 0.2) is 0 Å². The zero-order chi connectivity index (χ0) is 15.1. The first kappa shape index (κ1) is 14.7. The van der Waals surface area contributed by atoms with Crippen LogP contribution in [0.25, 0.3) is 11.3 Å². The molecule has 0 fully saturated rings. The van der Waals surface area contributed by atoms with Gasteiger partial charge in [0.25, 0.3) is 0 Å². The van der Waals surface area contributed by atoms with Crippen LogP contribution in [-0.2, 0) is 16.0 Å². The molecule has 0 aliphatic rings. The summed E-state index contributed by atoms with van der Waals surface area (Å²) in [5.41, 5.74) is 3.32. The van der Waals surface area contributed by atoms with Crippen molar-refractivity contribution in [3.05, 3.63) is 48.2 Å². The van der Waals surface area contributed by atoms with Crippen LogP contribution in [0, 0.1) is 0 Å². The molecular weight excluding hydrogens is 268 g/mol. The molecule has 0 spiro atoms. The van der Waals surface area contributed by atoms with Crippen LogP contribution in [0.1, 0.15) is 12.1 Å². The third-order valence-electron chi connectivity index (χ3n) is 2.94. The van der Waals surface area contributed by atoms with E-state index in [0.717, 1.165) is 23.2 Å². The average molecular weight is 284 g/mol. The van der Waals surface area contributed by atoms with Crippen LogP contribution in [0.4, 0.5) is 10.5 Å². The van der Waals surface area contributed by atoms with Crippen molar-refractivity contribution in [2.24, 2.45) is 0 Å². The molecule has 2 rings (SSSR count). The molecular formula is C16H16N2O3. The largest absolute Gasteiger partial charge is 0.453 e. The van der Waals surface area contributed by atoms with Crippen molar-refractivity contribution in [1.82, 2.24) is 4.98 Å². The number of nitrogens with one attached hydrogen (secondary N) is 1. The Morgan fingerprint density at radius 3 is 2.67 bits per heavy atom. The van der Waals surface area contributed by atoms with E-state index in [0.29, 0.717) is 18.5 Å². The molecule has 0 unspecified atom stereocenters. The van der Waals surface area contributed by atoms with Crippen molar-refractivity contribution in [3.63, 3.8) is 0 Å². The zero-order valence-corrected chi connectivity index (χ0v) is 11.7. The van der Waals surface area contributed by atoms with Crippen LogP contribution in [0.15, 0.2) is 42.5 Å². The van der Waals surface area contributed by atoms with Gasteiger partial charge in [-0.05, 0) is 30.7 Å². The summed E-state index contributed by atoms with van der Waals surface area (Å²) >= 11 is 0. The summed E-state index contributed by atoms with van der Waals surface area (Å²) in [4.78, 5) is 26.0. The van der Waals surface area contributed by atoms with Gasteiger partial charge in [0.05, 0.1) is 12.8 Å². The van der Waals surface area contributed by atoms with Crippen molar-refractivity contribution < 1.29 is 14.3 Å². The van der Waals surface area contributed by atoms with Gasteiger partial charge in [-0.2, -0.15) is 0 Å². The Morgan fingerprint density at radius 1 is 1.24 bits per heavy atom. The fourth-order valence-electron chi connectivity index (χ4n) is 1.88. The molecule has 1 amide bonds. The number of hydrogen-bond acceptors (Lipinski definition) is 4. The van der Waals surface area contributed by atoms with E-state index in [4.69, 9.17) is 0 Å². The molecule has 1 heterocycles. The maximum Gasteiger partial charge on any atom is 0.411 e. The number of hydrogen-bond donors (Lipinski definition) is 1. The van der Waals surface area contributed by atoms with E-state index in [2.05, 4.69) is 15.0 Å². The summed E-state index contributed by atoms with van der Waals surface area (Å²) in [6.07, 6.45) is 1.50. The van der Waals surface area contributed by atoms with Gasteiger partial charge in [0, 0.05) is 23.4 Å². The summed E-state index contributed by atoms with van der Waals surface area (Å²) in [5, 5.41) is 2.59. The summed E-state index contributed by atoms with van der Waals surface area (Å²) in [6, 6.07) is 13.0. The fourth-order valence-corrected chi connectivity index (χ4v) is 1.88. The standard InChI is InChI=1S/C16H16N2O3/c1-21-16(20)18-14-9-7-12(8-10-14)15-6-2-4-13(17-15)5-3-11-19/h2,4,6-11H,3,5H2,1H3,(H,18,20). The molecule has 5 heteroatoms. The minimum Gasteiger partial charge on any atom is -0.453 e. The van der Waals surface area contributed by atoms with Gasteiger partial charge in [0.2, 0.25) is 0 Å². The van der Waals surface area contributed by atoms with Crippen molar-refractivity contribution >= 4 is 18.1 Å². The van der Waals surface area contributed by atoms with Crippen LogP contribution in [0.5, 0.6) is 0 Å².